The molecule has 116 valence electrons. The number of rotatable bonds is 3. The Labute approximate surface area is 133 Å². The van der Waals surface area contributed by atoms with E-state index in [2.05, 4.69) is 16.2 Å². The Kier molecular flexibility index (Phi) is 3.48. The number of fused-ring (bicyclic) bond motifs is 1. The van der Waals surface area contributed by atoms with Gasteiger partial charge in [0.1, 0.15) is 0 Å². The van der Waals surface area contributed by atoms with Crippen LogP contribution in [-0.2, 0) is 19.3 Å². The van der Waals surface area contributed by atoms with Gasteiger partial charge in [0.05, 0.1) is 10.9 Å². The van der Waals surface area contributed by atoms with Gasteiger partial charge >= 0.3 is 0 Å². The summed E-state index contributed by atoms with van der Waals surface area (Å²) in [5.74, 6) is 1.43. The lowest BCUT2D eigenvalue weighted by molar-refractivity contribution is 0.0733. The van der Waals surface area contributed by atoms with Gasteiger partial charge in [-0.05, 0) is 43.7 Å². The zero-order valence-corrected chi connectivity index (χ0v) is 13.5. The zero-order chi connectivity index (χ0) is 15.1. The molecule has 1 aliphatic heterocycles. The van der Waals surface area contributed by atoms with Crippen LogP contribution in [0.5, 0.6) is 0 Å². The molecular formula is C16H19N3O2S. The second kappa shape index (κ2) is 5.50. The maximum atomic E-state index is 12.9. The quantitative estimate of drug-likeness (QED) is 0.872. The van der Waals surface area contributed by atoms with Gasteiger partial charge in [-0.15, -0.1) is 11.3 Å². The third-order valence-corrected chi connectivity index (χ3v) is 5.78. The first kappa shape index (κ1) is 13.9. The Morgan fingerprint density at radius 3 is 3.14 bits per heavy atom. The topological polar surface area (TPSA) is 59.2 Å². The van der Waals surface area contributed by atoms with E-state index in [0.717, 1.165) is 43.5 Å². The fourth-order valence-corrected chi connectivity index (χ4v) is 4.61. The molecule has 0 bridgehead atoms. The average Bonchev–Trinajstić information content (AvgIpc) is 3.26. The fourth-order valence-electron chi connectivity index (χ4n) is 3.40. The zero-order valence-electron chi connectivity index (χ0n) is 12.7. The van der Waals surface area contributed by atoms with Crippen LogP contribution < -0.4 is 0 Å². The Balaban J connectivity index is 1.58. The van der Waals surface area contributed by atoms with Crippen LogP contribution in [0.3, 0.4) is 0 Å². The van der Waals surface area contributed by atoms with Gasteiger partial charge in [0.25, 0.3) is 5.91 Å². The highest BCUT2D eigenvalue weighted by atomic mass is 32.1. The first-order valence-electron chi connectivity index (χ1n) is 8.01. The number of hydrogen-bond acceptors (Lipinski definition) is 5. The van der Waals surface area contributed by atoms with E-state index in [0.29, 0.717) is 11.7 Å². The van der Waals surface area contributed by atoms with Gasteiger partial charge in [0.2, 0.25) is 5.89 Å². The second-order valence-corrected chi connectivity index (χ2v) is 7.11. The molecule has 6 heteroatoms. The number of hydrogen-bond donors (Lipinski definition) is 0. The van der Waals surface area contributed by atoms with Gasteiger partial charge in [-0.3, -0.25) is 4.79 Å². The fraction of sp³-hybridized carbons (Fsp3) is 0.562. The molecule has 1 saturated heterocycles. The first-order chi connectivity index (χ1) is 10.8. The van der Waals surface area contributed by atoms with E-state index in [4.69, 9.17) is 4.52 Å². The summed E-state index contributed by atoms with van der Waals surface area (Å²) in [7, 11) is 0. The smallest absolute Gasteiger partial charge is 0.264 e. The molecule has 1 fully saturated rings. The molecule has 1 aliphatic carbocycles. The minimum atomic E-state index is -0.0338. The number of carbonyl (C=O) groups excluding carboxylic acids is 1. The van der Waals surface area contributed by atoms with Crippen molar-refractivity contribution in [1.82, 2.24) is 15.0 Å². The normalized spacial score (nSPS) is 20.6. The third-order valence-electron chi connectivity index (χ3n) is 4.56. The predicted molar refractivity (Wildman–Crippen MR) is 83.0 cm³/mol. The summed E-state index contributed by atoms with van der Waals surface area (Å²) in [4.78, 5) is 21.5. The highest BCUT2D eigenvalue weighted by Crippen LogP contribution is 2.35. The number of carbonyl (C=O) groups is 1. The average molecular weight is 317 g/mol. The van der Waals surface area contributed by atoms with Crippen LogP contribution in [0.15, 0.2) is 10.6 Å². The number of aromatic nitrogens is 2. The second-order valence-electron chi connectivity index (χ2n) is 5.97. The highest BCUT2D eigenvalue weighted by Gasteiger charge is 2.35. The molecule has 0 aromatic carbocycles. The van der Waals surface area contributed by atoms with Gasteiger partial charge in [0.15, 0.2) is 5.82 Å². The summed E-state index contributed by atoms with van der Waals surface area (Å²) in [6.07, 6.45) is 6.11. The molecular weight excluding hydrogens is 298 g/mol. The molecule has 4 rings (SSSR count). The molecule has 1 atom stereocenters. The lowest BCUT2D eigenvalue weighted by atomic mass is 10.2. The van der Waals surface area contributed by atoms with Gasteiger partial charge in [-0.25, -0.2) is 0 Å². The highest BCUT2D eigenvalue weighted by molar-refractivity contribution is 7.14. The minimum absolute atomic E-state index is 0.0338. The summed E-state index contributed by atoms with van der Waals surface area (Å²) in [5.41, 5.74) is 1.37. The van der Waals surface area contributed by atoms with Crippen LogP contribution in [-0.4, -0.2) is 27.5 Å². The number of likely N-dealkylation sites (tertiary alicyclic amines) is 1. The van der Waals surface area contributed by atoms with Gasteiger partial charge in [-0.1, -0.05) is 12.1 Å². The van der Waals surface area contributed by atoms with E-state index >= 15 is 0 Å². The Morgan fingerprint density at radius 1 is 1.45 bits per heavy atom. The summed E-state index contributed by atoms with van der Waals surface area (Å²) in [6.45, 7) is 2.77. The SMILES string of the molecule is CCc1nc(C2CCCN2C(=O)c2cc3c(s2)CCC3)no1. The van der Waals surface area contributed by atoms with E-state index in [1.807, 2.05) is 11.8 Å². The lowest BCUT2D eigenvalue weighted by Gasteiger charge is -2.21. The molecule has 0 saturated carbocycles. The van der Waals surface area contributed by atoms with Crippen molar-refractivity contribution in [2.45, 2.75) is 51.5 Å². The largest absolute Gasteiger partial charge is 0.339 e. The van der Waals surface area contributed by atoms with Crippen LogP contribution in [0.2, 0.25) is 0 Å². The summed E-state index contributed by atoms with van der Waals surface area (Å²) >= 11 is 1.67. The first-order valence-corrected chi connectivity index (χ1v) is 8.83. The lowest BCUT2D eigenvalue weighted by Crippen LogP contribution is -2.30. The Bertz CT molecular complexity index is 685. The van der Waals surface area contributed by atoms with Crippen molar-refractivity contribution in [1.29, 1.82) is 0 Å². The summed E-state index contributed by atoms with van der Waals surface area (Å²) < 4.78 is 5.21. The van der Waals surface area contributed by atoms with Crippen molar-refractivity contribution in [3.8, 4) is 0 Å². The van der Waals surface area contributed by atoms with Crippen molar-refractivity contribution in [3.05, 3.63) is 33.1 Å². The molecule has 0 N–H and O–H groups in total. The van der Waals surface area contributed by atoms with Crippen LogP contribution in [0.4, 0.5) is 0 Å². The molecule has 2 aromatic rings. The van der Waals surface area contributed by atoms with Crippen molar-refractivity contribution >= 4 is 17.2 Å². The van der Waals surface area contributed by atoms with E-state index < -0.39 is 0 Å². The minimum Gasteiger partial charge on any atom is -0.339 e. The monoisotopic (exact) mass is 317 g/mol. The summed E-state index contributed by atoms with van der Waals surface area (Å²) in [6, 6.07) is 2.06. The van der Waals surface area contributed by atoms with Crippen LogP contribution >= 0.6 is 11.3 Å². The molecule has 2 aromatic heterocycles. The molecule has 2 aliphatic rings. The maximum absolute atomic E-state index is 12.9. The molecule has 0 spiro atoms. The molecule has 0 radical (unpaired) electrons. The number of nitrogens with zero attached hydrogens (tertiary/aromatic N) is 3. The maximum Gasteiger partial charge on any atom is 0.264 e. The van der Waals surface area contributed by atoms with Crippen molar-refractivity contribution in [2.24, 2.45) is 0 Å². The number of aryl methyl sites for hydroxylation is 3. The van der Waals surface area contributed by atoms with Crippen molar-refractivity contribution in [3.63, 3.8) is 0 Å². The van der Waals surface area contributed by atoms with E-state index in [1.165, 1.54) is 16.9 Å². The third kappa shape index (κ3) is 2.26. The molecule has 1 amide bonds. The van der Waals surface area contributed by atoms with E-state index in [-0.39, 0.29) is 11.9 Å². The Hall–Kier alpha value is -1.69. The standard InChI is InChI=1S/C16H19N3O2S/c1-2-14-17-15(18-21-14)11-6-4-8-19(11)16(20)13-9-10-5-3-7-12(10)22-13/h9,11H,2-8H2,1H3. The van der Waals surface area contributed by atoms with E-state index in [1.54, 1.807) is 11.3 Å². The van der Waals surface area contributed by atoms with Crippen LogP contribution in [0, 0.1) is 0 Å². The molecule has 3 heterocycles. The molecule has 22 heavy (non-hydrogen) atoms. The van der Waals surface area contributed by atoms with Crippen molar-refractivity contribution in [2.75, 3.05) is 6.54 Å². The number of amides is 1. The molecule has 1 unspecified atom stereocenters. The van der Waals surface area contributed by atoms with Crippen molar-refractivity contribution < 1.29 is 9.32 Å². The van der Waals surface area contributed by atoms with Gasteiger partial charge in [-0.2, -0.15) is 4.98 Å². The van der Waals surface area contributed by atoms with Crippen LogP contribution in [0.1, 0.15) is 64.1 Å². The Morgan fingerprint density at radius 2 is 2.36 bits per heavy atom. The van der Waals surface area contributed by atoms with Gasteiger partial charge in [0, 0.05) is 17.8 Å². The van der Waals surface area contributed by atoms with Crippen LogP contribution in [0.25, 0.3) is 0 Å². The predicted octanol–water partition coefficient (Wildman–Crippen LogP) is 3.16. The van der Waals surface area contributed by atoms with E-state index in [9.17, 15) is 4.79 Å². The number of thiophene rings is 1. The molecule has 5 nitrogen and oxygen atoms in total. The summed E-state index contributed by atoms with van der Waals surface area (Å²) in [5, 5.41) is 4.07. The van der Waals surface area contributed by atoms with Gasteiger partial charge < -0.3 is 9.42 Å².